The van der Waals surface area contributed by atoms with Crippen LogP contribution < -0.4 is 5.32 Å². The number of ether oxygens (including phenoxy) is 2. The van der Waals surface area contributed by atoms with Crippen LogP contribution in [0.15, 0.2) is 0 Å². The molecule has 1 amide bonds. The molecule has 0 bridgehead atoms. The van der Waals surface area contributed by atoms with Crippen molar-refractivity contribution in [2.24, 2.45) is 0 Å². The highest BCUT2D eigenvalue weighted by Crippen LogP contribution is 2.00. The molecule has 1 N–H and O–H groups in total. The zero-order valence-corrected chi connectivity index (χ0v) is 8.28. The molecule has 0 aromatic heterocycles. The number of rotatable bonds is 4. The lowest BCUT2D eigenvalue weighted by Gasteiger charge is -2.11. The van der Waals surface area contributed by atoms with Gasteiger partial charge in [-0.1, -0.05) is 0 Å². The first-order valence-corrected chi connectivity index (χ1v) is 4.33. The maximum atomic E-state index is 11.1. The summed E-state index contributed by atoms with van der Waals surface area (Å²) in [5.41, 5.74) is 0. The fourth-order valence-corrected chi connectivity index (χ4v) is 1.01. The Bertz CT molecular complexity index is 229. The standard InChI is InChI=1S/C8H14N2O4/c1-10(2)4-7(11)13-5-6-3-9-8(12)14-6/h6H,3-5H2,1-2H3,(H,9,12)/t6-/m0/s1. The molecule has 80 valence electrons. The largest absolute Gasteiger partial charge is 0.461 e. The maximum absolute atomic E-state index is 11.1. The molecular formula is C8H14N2O4. The third-order valence-electron chi connectivity index (χ3n) is 1.62. The number of amides is 1. The summed E-state index contributed by atoms with van der Waals surface area (Å²) in [6.45, 7) is 0.744. The van der Waals surface area contributed by atoms with Gasteiger partial charge in [0.15, 0.2) is 6.10 Å². The van der Waals surface area contributed by atoms with Crippen molar-refractivity contribution in [2.45, 2.75) is 6.10 Å². The fourth-order valence-electron chi connectivity index (χ4n) is 1.01. The summed E-state index contributed by atoms with van der Waals surface area (Å²) < 4.78 is 9.66. The first-order chi connectivity index (χ1) is 6.58. The molecule has 0 aliphatic carbocycles. The van der Waals surface area contributed by atoms with Crippen molar-refractivity contribution >= 4 is 12.1 Å². The molecule has 1 heterocycles. The Hall–Kier alpha value is -1.30. The van der Waals surface area contributed by atoms with E-state index in [0.29, 0.717) is 6.54 Å². The van der Waals surface area contributed by atoms with Crippen LogP contribution in [-0.4, -0.2) is 56.9 Å². The van der Waals surface area contributed by atoms with Crippen molar-refractivity contribution in [3.63, 3.8) is 0 Å². The van der Waals surface area contributed by atoms with Gasteiger partial charge in [-0.25, -0.2) is 4.79 Å². The van der Waals surface area contributed by atoms with Crippen molar-refractivity contribution in [2.75, 3.05) is 33.8 Å². The number of nitrogens with one attached hydrogen (secondary N) is 1. The Morgan fingerprint density at radius 1 is 1.71 bits per heavy atom. The smallest absolute Gasteiger partial charge is 0.407 e. The Morgan fingerprint density at radius 3 is 2.93 bits per heavy atom. The number of hydrogen-bond acceptors (Lipinski definition) is 5. The molecule has 0 aromatic rings. The quantitative estimate of drug-likeness (QED) is 0.604. The van der Waals surface area contributed by atoms with Crippen molar-refractivity contribution in [3.8, 4) is 0 Å². The monoisotopic (exact) mass is 202 g/mol. The lowest BCUT2D eigenvalue weighted by atomic mass is 10.4. The van der Waals surface area contributed by atoms with E-state index in [1.165, 1.54) is 0 Å². The molecule has 1 saturated heterocycles. The third kappa shape index (κ3) is 3.61. The third-order valence-corrected chi connectivity index (χ3v) is 1.62. The summed E-state index contributed by atoms with van der Waals surface area (Å²) in [7, 11) is 3.55. The molecule has 6 heteroatoms. The number of carbonyl (C=O) groups excluding carboxylic acids is 2. The van der Waals surface area contributed by atoms with Crippen molar-refractivity contribution < 1.29 is 19.1 Å². The van der Waals surface area contributed by atoms with Crippen molar-refractivity contribution in [1.82, 2.24) is 10.2 Å². The van der Waals surface area contributed by atoms with E-state index < -0.39 is 6.09 Å². The van der Waals surface area contributed by atoms with Gasteiger partial charge in [0, 0.05) is 0 Å². The lowest BCUT2D eigenvalue weighted by molar-refractivity contribution is -0.146. The van der Waals surface area contributed by atoms with E-state index in [1.54, 1.807) is 19.0 Å². The van der Waals surface area contributed by atoms with Crippen LogP contribution in [0.1, 0.15) is 0 Å². The van der Waals surface area contributed by atoms with Gasteiger partial charge < -0.3 is 14.8 Å². The molecule has 0 saturated carbocycles. The SMILES string of the molecule is CN(C)CC(=O)OC[C@@H]1CNC(=O)O1. The van der Waals surface area contributed by atoms with E-state index >= 15 is 0 Å². The highest BCUT2D eigenvalue weighted by Gasteiger charge is 2.23. The van der Waals surface area contributed by atoms with Crippen LogP contribution in [0.25, 0.3) is 0 Å². The zero-order valence-electron chi connectivity index (χ0n) is 8.28. The Morgan fingerprint density at radius 2 is 2.43 bits per heavy atom. The van der Waals surface area contributed by atoms with Gasteiger partial charge in [-0.15, -0.1) is 0 Å². The molecule has 1 fully saturated rings. The molecule has 6 nitrogen and oxygen atoms in total. The molecule has 1 aliphatic rings. The normalized spacial score (nSPS) is 20.5. The molecule has 1 aliphatic heterocycles. The van der Waals surface area contributed by atoms with Gasteiger partial charge in [-0.05, 0) is 14.1 Å². The average Bonchev–Trinajstić information content (AvgIpc) is 2.47. The lowest BCUT2D eigenvalue weighted by Crippen LogP contribution is -2.28. The number of carbonyl (C=O) groups is 2. The molecule has 0 spiro atoms. The highest BCUT2D eigenvalue weighted by molar-refractivity contribution is 5.72. The van der Waals surface area contributed by atoms with Gasteiger partial charge in [-0.3, -0.25) is 9.69 Å². The first-order valence-electron chi connectivity index (χ1n) is 4.33. The van der Waals surface area contributed by atoms with Gasteiger partial charge in [0.2, 0.25) is 0 Å². The molecular weight excluding hydrogens is 188 g/mol. The Labute approximate surface area is 82.1 Å². The van der Waals surface area contributed by atoms with Gasteiger partial charge in [0.05, 0.1) is 13.1 Å². The average molecular weight is 202 g/mol. The van der Waals surface area contributed by atoms with Crippen LogP contribution in [0.3, 0.4) is 0 Å². The minimum Gasteiger partial charge on any atom is -0.461 e. The van der Waals surface area contributed by atoms with E-state index in [-0.39, 0.29) is 25.2 Å². The second kappa shape index (κ2) is 4.80. The Kier molecular flexibility index (Phi) is 3.70. The summed E-state index contributed by atoms with van der Waals surface area (Å²) in [5.74, 6) is -0.321. The minimum absolute atomic E-state index is 0.116. The van der Waals surface area contributed by atoms with E-state index in [9.17, 15) is 9.59 Å². The fraction of sp³-hybridized carbons (Fsp3) is 0.750. The maximum Gasteiger partial charge on any atom is 0.407 e. The van der Waals surface area contributed by atoms with Crippen LogP contribution in [0, 0.1) is 0 Å². The van der Waals surface area contributed by atoms with Crippen LogP contribution in [0.4, 0.5) is 4.79 Å². The predicted molar refractivity (Wildman–Crippen MR) is 47.8 cm³/mol. The predicted octanol–water partition coefficient (Wildman–Crippen LogP) is -0.800. The summed E-state index contributed by atoms with van der Waals surface area (Å²) >= 11 is 0. The van der Waals surface area contributed by atoms with E-state index in [1.807, 2.05) is 0 Å². The topological polar surface area (TPSA) is 67.9 Å². The van der Waals surface area contributed by atoms with Crippen LogP contribution in [0.5, 0.6) is 0 Å². The number of cyclic esters (lactones) is 1. The minimum atomic E-state index is -0.460. The van der Waals surface area contributed by atoms with Gasteiger partial charge in [0.25, 0.3) is 0 Å². The molecule has 1 rings (SSSR count). The first kappa shape index (κ1) is 10.8. The molecule has 1 atom stereocenters. The zero-order chi connectivity index (χ0) is 10.6. The Balaban J connectivity index is 2.14. The molecule has 0 aromatic carbocycles. The van der Waals surface area contributed by atoms with E-state index in [4.69, 9.17) is 9.47 Å². The van der Waals surface area contributed by atoms with Gasteiger partial charge in [0.1, 0.15) is 6.61 Å². The number of esters is 1. The van der Waals surface area contributed by atoms with Crippen LogP contribution in [0.2, 0.25) is 0 Å². The second-order valence-corrected chi connectivity index (χ2v) is 3.33. The number of nitrogens with zero attached hydrogens (tertiary/aromatic N) is 1. The van der Waals surface area contributed by atoms with E-state index in [2.05, 4.69) is 5.32 Å². The van der Waals surface area contributed by atoms with Gasteiger partial charge >= 0.3 is 12.1 Å². The van der Waals surface area contributed by atoms with Gasteiger partial charge in [-0.2, -0.15) is 0 Å². The summed E-state index contributed by atoms with van der Waals surface area (Å²) in [5, 5.41) is 2.47. The number of alkyl carbamates (subject to hydrolysis) is 1. The van der Waals surface area contributed by atoms with Crippen molar-refractivity contribution in [3.05, 3.63) is 0 Å². The summed E-state index contributed by atoms with van der Waals surface area (Å²) in [4.78, 5) is 23.4. The van der Waals surface area contributed by atoms with Crippen LogP contribution >= 0.6 is 0 Å². The molecule has 14 heavy (non-hydrogen) atoms. The van der Waals surface area contributed by atoms with Crippen molar-refractivity contribution in [1.29, 1.82) is 0 Å². The summed E-state index contributed by atoms with van der Waals surface area (Å²) in [6, 6.07) is 0. The number of likely N-dealkylation sites (N-methyl/N-ethyl adjacent to an activating group) is 1. The molecule has 0 unspecified atom stereocenters. The highest BCUT2D eigenvalue weighted by atomic mass is 16.6. The van der Waals surface area contributed by atoms with Crippen LogP contribution in [-0.2, 0) is 14.3 Å². The van der Waals surface area contributed by atoms with E-state index in [0.717, 1.165) is 0 Å². The molecule has 0 radical (unpaired) electrons. The number of hydrogen-bond donors (Lipinski definition) is 1. The summed E-state index contributed by atoms with van der Waals surface area (Å²) in [6.07, 6.45) is -0.813. The second-order valence-electron chi connectivity index (χ2n) is 3.33.